The number of unbranched alkanes of at least 4 members (excludes halogenated alkanes) is 1. The van der Waals surface area contributed by atoms with E-state index in [9.17, 15) is 4.79 Å². The lowest BCUT2D eigenvalue weighted by molar-refractivity contribution is 0.0697. The molecule has 1 aromatic rings. The van der Waals surface area contributed by atoms with Crippen LogP contribution in [0.1, 0.15) is 61.9 Å². The standard InChI is InChI=1S/C18H27NO2/c1-3-5-7-14(4-2)13-19-11-6-8-15-12-16(18(20)21)9-10-17(15)19/h9-10,12,14H,3-8,11,13H2,1-2H3,(H,20,21). The van der Waals surface area contributed by atoms with E-state index < -0.39 is 5.97 Å². The lowest BCUT2D eigenvalue weighted by Gasteiger charge is -2.34. The first-order chi connectivity index (χ1) is 10.2. The van der Waals surface area contributed by atoms with Crippen molar-refractivity contribution in [3.05, 3.63) is 29.3 Å². The summed E-state index contributed by atoms with van der Waals surface area (Å²) in [6.07, 6.45) is 7.20. The maximum absolute atomic E-state index is 11.1. The molecule has 0 aromatic heterocycles. The molecule has 21 heavy (non-hydrogen) atoms. The SMILES string of the molecule is CCCCC(CC)CN1CCCc2cc(C(=O)O)ccc21. The average Bonchev–Trinajstić information content (AvgIpc) is 2.50. The van der Waals surface area contributed by atoms with Gasteiger partial charge in [-0.05, 0) is 48.9 Å². The van der Waals surface area contributed by atoms with Gasteiger partial charge in [-0.3, -0.25) is 0 Å². The number of aromatic carboxylic acids is 1. The molecule has 0 bridgehead atoms. The number of rotatable bonds is 7. The molecule has 0 saturated carbocycles. The monoisotopic (exact) mass is 289 g/mol. The number of hydrogen-bond donors (Lipinski definition) is 1. The van der Waals surface area contributed by atoms with Gasteiger partial charge in [-0.25, -0.2) is 4.79 Å². The van der Waals surface area contributed by atoms with Gasteiger partial charge in [-0.15, -0.1) is 0 Å². The quantitative estimate of drug-likeness (QED) is 0.811. The molecule has 1 unspecified atom stereocenters. The fraction of sp³-hybridized carbons (Fsp3) is 0.611. The van der Waals surface area contributed by atoms with Crippen LogP contribution < -0.4 is 4.90 Å². The topological polar surface area (TPSA) is 40.5 Å². The Morgan fingerprint density at radius 1 is 1.38 bits per heavy atom. The smallest absolute Gasteiger partial charge is 0.335 e. The number of carbonyl (C=O) groups is 1. The molecule has 1 aliphatic rings. The summed E-state index contributed by atoms with van der Waals surface area (Å²) in [4.78, 5) is 13.6. The molecule has 2 rings (SSSR count). The zero-order valence-corrected chi connectivity index (χ0v) is 13.3. The highest BCUT2D eigenvalue weighted by Gasteiger charge is 2.20. The van der Waals surface area contributed by atoms with Crippen molar-refractivity contribution in [3.63, 3.8) is 0 Å². The molecule has 0 radical (unpaired) electrons. The van der Waals surface area contributed by atoms with Gasteiger partial charge in [0.25, 0.3) is 0 Å². The van der Waals surface area contributed by atoms with E-state index in [4.69, 9.17) is 5.11 Å². The zero-order chi connectivity index (χ0) is 15.2. The molecule has 3 nitrogen and oxygen atoms in total. The number of carboxylic acids is 1. The molecule has 3 heteroatoms. The van der Waals surface area contributed by atoms with E-state index in [-0.39, 0.29) is 0 Å². The summed E-state index contributed by atoms with van der Waals surface area (Å²) in [6.45, 7) is 6.73. The molecular formula is C18H27NO2. The van der Waals surface area contributed by atoms with Gasteiger partial charge in [-0.1, -0.05) is 33.1 Å². The number of aryl methyl sites for hydroxylation is 1. The normalized spacial score (nSPS) is 15.6. The maximum atomic E-state index is 11.1. The molecule has 0 spiro atoms. The molecule has 1 heterocycles. The molecule has 0 aliphatic carbocycles. The van der Waals surface area contributed by atoms with E-state index in [1.807, 2.05) is 12.1 Å². The maximum Gasteiger partial charge on any atom is 0.335 e. The Balaban J connectivity index is 2.12. The fourth-order valence-corrected chi connectivity index (χ4v) is 3.23. The molecule has 0 saturated heterocycles. The molecular weight excluding hydrogens is 262 g/mol. The van der Waals surface area contributed by atoms with E-state index in [0.29, 0.717) is 5.56 Å². The molecule has 0 fully saturated rings. The second-order valence-electron chi connectivity index (χ2n) is 6.11. The van der Waals surface area contributed by atoms with Gasteiger partial charge in [0.2, 0.25) is 0 Å². The van der Waals surface area contributed by atoms with Crippen molar-refractivity contribution in [3.8, 4) is 0 Å². The Kier molecular flexibility index (Phi) is 5.66. The summed E-state index contributed by atoms with van der Waals surface area (Å²) in [5.74, 6) is -0.0839. The van der Waals surface area contributed by atoms with Crippen molar-refractivity contribution in [1.82, 2.24) is 0 Å². The summed E-state index contributed by atoms with van der Waals surface area (Å²) in [7, 11) is 0. The van der Waals surface area contributed by atoms with Crippen molar-refractivity contribution >= 4 is 11.7 Å². The first-order valence-electron chi connectivity index (χ1n) is 8.26. The van der Waals surface area contributed by atoms with Crippen LogP contribution >= 0.6 is 0 Å². The van der Waals surface area contributed by atoms with Crippen molar-refractivity contribution in [2.75, 3.05) is 18.0 Å². The summed E-state index contributed by atoms with van der Waals surface area (Å²) in [6, 6.07) is 5.60. The number of fused-ring (bicyclic) bond motifs is 1. The van der Waals surface area contributed by atoms with Crippen LogP contribution in [-0.4, -0.2) is 24.2 Å². The van der Waals surface area contributed by atoms with Crippen molar-refractivity contribution in [2.24, 2.45) is 5.92 Å². The Labute approximate surface area is 128 Å². The van der Waals surface area contributed by atoms with Crippen LogP contribution in [0.15, 0.2) is 18.2 Å². The summed E-state index contributed by atoms with van der Waals surface area (Å²) in [5.41, 5.74) is 2.86. The van der Waals surface area contributed by atoms with Gasteiger partial charge in [0.15, 0.2) is 0 Å². The third kappa shape index (κ3) is 3.99. The van der Waals surface area contributed by atoms with Gasteiger partial charge < -0.3 is 10.0 Å². The Bertz CT molecular complexity index is 484. The minimum atomic E-state index is -0.829. The predicted molar refractivity (Wildman–Crippen MR) is 87.2 cm³/mol. The van der Waals surface area contributed by atoms with Crippen molar-refractivity contribution in [2.45, 2.75) is 52.4 Å². The van der Waals surface area contributed by atoms with Gasteiger partial charge in [0, 0.05) is 18.8 Å². The van der Waals surface area contributed by atoms with E-state index in [2.05, 4.69) is 18.7 Å². The Hall–Kier alpha value is -1.51. The number of nitrogens with zero attached hydrogens (tertiary/aromatic N) is 1. The van der Waals surface area contributed by atoms with Crippen LogP contribution in [0.2, 0.25) is 0 Å². The average molecular weight is 289 g/mol. The summed E-state index contributed by atoms with van der Waals surface area (Å²) in [5, 5.41) is 9.12. The van der Waals surface area contributed by atoms with Crippen LogP contribution in [0, 0.1) is 5.92 Å². The van der Waals surface area contributed by atoms with Crippen LogP contribution in [0.5, 0.6) is 0 Å². The van der Waals surface area contributed by atoms with Gasteiger partial charge in [0.05, 0.1) is 5.56 Å². The zero-order valence-electron chi connectivity index (χ0n) is 13.3. The third-order valence-corrected chi connectivity index (χ3v) is 4.56. The molecule has 116 valence electrons. The van der Waals surface area contributed by atoms with Gasteiger partial charge >= 0.3 is 5.97 Å². The molecule has 0 amide bonds. The van der Waals surface area contributed by atoms with E-state index in [1.165, 1.54) is 36.9 Å². The van der Waals surface area contributed by atoms with Crippen molar-refractivity contribution < 1.29 is 9.90 Å². The molecule has 1 atom stereocenters. The Morgan fingerprint density at radius 2 is 2.19 bits per heavy atom. The second-order valence-corrected chi connectivity index (χ2v) is 6.11. The van der Waals surface area contributed by atoms with E-state index in [1.54, 1.807) is 6.07 Å². The molecule has 1 aliphatic heterocycles. The summed E-state index contributed by atoms with van der Waals surface area (Å²) >= 11 is 0. The number of carboxylic acid groups (broad SMARTS) is 1. The van der Waals surface area contributed by atoms with Gasteiger partial charge in [-0.2, -0.15) is 0 Å². The minimum Gasteiger partial charge on any atom is -0.478 e. The van der Waals surface area contributed by atoms with E-state index >= 15 is 0 Å². The number of benzene rings is 1. The van der Waals surface area contributed by atoms with E-state index in [0.717, 1.165) is 31.8 Å². The lowest BCUT2D eigenvalue weighted by atomic mass is 9.95. The predicted octanol–water partition coefficient (Wildman–Crippen LogP) is 4.35. The highest BCUT2D eigenvalue weighted by Crippen LogP contribution is 2.30. The van der Waals surface area contributed by atoms with Crippen LogP contribution in [0.4, 0.5) is 5.69 Å². The lowest BCUT2D eigenvalue weighted by Crippen LogP contribution is -2.34. The van der Waals surface area contributed by atoms with Crippen molar-refractivity contribution in [1.29, 1.82) is 0 Å². The number of anilines is 1. The largest absolute Gasteiger partial charge is 0.478 e. The van der Waals surface area contributed by atoms with Crippen LogP contribution in [0.3, 0.4) is 0 Å². The number of hydrogen-bond acceptors (Lipinski definition) is 2. The highest BCUT2D eigenvalue weighted by atomic mass is 16.4. The summed E-state index contributed by atoms with van der Waals surface area (Å²) < 4.78 is 0. The first kappa shape index (κ1) is 15.9. The first-order valence-corrected chi connectivity index (χ1v) is 8.26. The van der Waals surface area contributed by atoms with Crippen LogP contribution in [-0.2, 0) is 6.42 Å². The second kappa shape index (κ2) is 7.48. The minimum absolute atomic E-state index is 0.411. The molecule has 1 aromatic carbocycles. The Morgan fingerprint density at radius 3 is 2.86 bits per heavy atom. The van der Waals surface area contributed by atoms with Gasteiger partial charge in [0.1, 0.15) is 0 Å². The fourth-order valence-electron chi connectivity index (χ4n) is 3.23. The molecule has 1 N–H and O–H groups in total. The highest BCUT2D eigenvalue weighted by molar-refractivity contribution is 5.88. The van der Waals surface area contributed by atoms with Crippen LogP contribution in [0.25, 0.3) is 0 Å². The third-order valence-electron chi connectivity index (χ3n) is 4.56.